The maximum atomic E-state index is 12.6. The summed E-state index contributed by atoms with van der Waals surface area (Å²) in [6.45, 7) is 6.50. The van der Waals surface area contributed by atoms with Gasteiger partial charge in [0.05, 0.1) is 5.92 Å². The minimum Gasteiger partial charge on any atom is -0.338 e. The van der Waals surface area contributed by atoms with Crippen molar-refractivity contribution in [2.45, 2.75) is 44.6 Å². The summed E-state index contributed by atoms with van der Waals surface area (Å²) in [5.74, 6) is 0.673. The Kier molecular flexibility index (Phi) is 4.38. The normalized spacial score (nSPS) is 32.9. The molecule has 0 aromatic heterocycles. The van der Waals surface area contributed by atoms with Crippen LogP contribution in [0.15, 0.2) is 0 Å². The second-order valence-corrected chi connectivity index (χ2v) is 6.38. The van der Waals surface area contributed by atoms with Crippen LogP contribution in [0.3, 0.4) is 0 Å². The number of carbonyl (C=O) groups is 1. The zero-order valence-electron chi connectivity index (χ0n) is 11.9. The highest BCUT2D eigenvalue weighted by Gasteiger charge is 2.35. The second-order valence-electron chi connectivity index (χ2n) is 6.38. The molecule has 108 valence electrons. The van der Waals surface area contributed by atoms with Crippen molar-refractivity contribution in [2.75, 3.05) is 39.3 Å². The van der Waals surface area contributed by atoms with E-state index in [2.05, 4.69) is 15.1 Å². The highest BCUT2D eigenvalue weighted by Crippen LogP contribution is 2.23. The number of hydrogen-bond acceptors (Lipinski definition) is 3. The SMILES string of the molecule is O=C(C1CCNC1)N1CCCC1CN1CCCCC1. The number of amides is 1. The fraction of sp³-hybridized carbons (Fsp3) is 0.933. The lowest BCUT2D eigenvalue weighted by atomic mass is 10.1. The first-order valence-electron chi connectivity index (χ1n) is 8.08. The minimum atomic E-state index is 0.252. The largest absolute Gasteiger partial charge is 0.338 e. The molecule has 0 aliphatic carbocycles. The van der Waals surface area contributed by atoms with Crippen molar-refractivity contribution in [1.29, 1.82) is 0 Å². The van der Waals surface area contributed by atoms with Gasteiger partial charge in [-0.2, -0.15) is 0 Å². The van der Waals surface area contributed by atoms with Crippen LogP contribution in [0.5, 0.6) is 0 Å². The van der Waals surface area contributed by atoms with E-state index in [-0.39, 0.29) is 5.92 Å². The Labute approximate surface area is 116 Å². The number of rotatable bonds is 3. The quantitative estimate of drug-likeness (QED) is 0.829. The van der Waals surface area contributed by atoms with Crippen molar-refractivity contribution in [3.63, 3.8) is 0 Å². The summed E-state index contributed by atoms with van der Waals surface area (Å²) in [5.41, 5.74) is 0. The van der Waals surface area contributed by atoms with E-state index >= 15 is 0 Å². The molecule has 3 rings (SSSR count). The van der Waals surface area contributed by atoms with Gasteiger partial charge in [0.1, 0.15) is 0 Å². The van der Waals surface area contributed by atoms with Crippen molar-refractivity contribution in [3.8, 4) is 0 Å². The van der Waals surface area contributed by atoms with Crippen LogP contribution < -0.4 is 5.32 Å². The van der Waals surface area contributed by atoms with Gasteiger partial charge >= 0.3 is 0 Å². The molecular weight excluding hydrogens is 238 g/mol. The molecule has 0 saturated carbocycles. The van der Waals surface area contributed by atoms with Gasteiger partial charge in [0, 0.05) is 25.7 Å². The van der Waals surface area contributed by atoms with E-state index in [0.29, 0.717) is 11.9 Å². The monoisotopic (exact) mass is 265 g/mol. The highest BCUT2D eigenvalue weighted by molar-refractivity contribution is 5.80. The number of hydrogen-bond donors (Lipinski definition) is 1. The Hall–Kier alpha value is -0.610. The third kappa shape index (κ3) is 3.11. The fourth-order valence-corrected chi connectivity index (χ4v) is 3.86. The van der Waals surface area contributed by atoms with E-state index in [1.807, 2.05) is 0 Å². The third-order valence-electron chi connectivity index (χ3n) is 4.99. The number of piperidine rings is 1. The van der Waals surface area contributed by atoms with Crippen LogP contribution in [-0.2, 0) is 4.79 Å². The summed E-state index contributed by atoms with van der Waals surface area (Å²) in [6, 6.07) is 0.492. The molecule has 0 bridgehead atoms. The van der Waals surface area contributed by atoms with Gasteiger partial charge in [-0.05, 0) is 51.7 Å². The van der Waals surface area contributed by atoms with Crippen molar-refractivity contribution >= 4 is 5.91 Å². The molecule has 1 N–H and O–H groups in total. The molecule has 2 atom stereocenters. The average molecular weight is 265 g/mol. The predicted octanol–water partition coefficient (Wildman–Crippen LogP) is 1.07. The summed E-state index contributed by atoms with van der Waals surface area (Å²) in [6.07, 6.45) is 7.51. The lowest BCUT2D eigenvalue weighted by Crippen LogP contribution is -2.46. The topological polar surface area (TPSA) is 35.6 Å². The van der Waals surface area contributed by atoms with Crippen LogP contribution >= 0.6 is 0 Å². The molecule has 3 aliphatic heterocycles. The van der Waals surface area contributed by atoms with E-state index in [4.69, 9.17) is 0 Å². The van der Waals surface area contributed by atoms with Crippen LogP contribution in [-0.4, -0.2) is 61.0 Å². The molecule has 3 aliphatic rings. The predicted molar refractivity (Wildman–Crippen MR) is 76.0 cm³/mol. The van der Waals surface area contributed by atoms with Crippen molar-refractivity contribution < 1.29 is 4.79 Å². The Morgan fingerprint density at radius 3 is 2.63 bits per heavy atom. The van der Waals surface area contributed by atoms with E-state index < -0.39 is 0 Å². The fourth-order valence-electron chi connectivity index (χ4n) is 3.86. The van der Waals surface area contributed by atoms with Gasteiger partial charge in [0.15, 0.2) is 0 Å². The summed E-state index contributed by atoms with van der Waals surface area (Å²) in [5, 5.41) is 3.32. The molecule has 4 nitrogen and oxygen atoms in total. The molecule has 0 spiro atoms. The van der Waals surface area contributed by atoms with Crippen molar-refractivity contribution in [1.82, 2.24) is 15.1 Å². The standard InChI is InChI=1S/C15H27N3O/c19-15(13-6-7-16-11-13)18-10-4-5-14(18)12-17-8-2-1-3-9-17/h13-14,16H,1-12H2. The summed E-state index contributed by atoms with van der Waals surface area (Å²) < 4.78 is 0. The van der Waals surface area contributed by atoms with Crippen LogP contribution in [0.1, 0.15) is 38.5 Å². The van der Waals surface area contributed by atoms with E-state index in [0.717, 1.165) is 32.6 Å². The maximum absolute atomic E-state index is 12.6. The molecule has 4 heteroatoms. The molecule has 0 aromatic carbocycles. The first kappa shape index (κ1) is 13.4. The van der Waals surface area contributed by atoms with E-state index in [1.165, 1.54) is 45.2 Å². The Morgan fingerprint density at radius 2 is 1.89 bits per heavy atom. The molecule has 0 aromatic rings. The zero-order valence-corrected chi connectivity index (χ0v) is 11.9. The number of nitrogens with one attached hydrogen (secondary N) is 1. The molecular formula is C15H27N3O. The van der Waals surface area contributed by atoms with E-state index in [1.54, 1.807) is 0 Å². The van der Waals surface area contributed by atoms with E-state index in [9.17, 15) is 4.79 Å². The Morgan fingerprint density at radius 1 is 1.05 bits per heavy atom. The molecule has 3 heterocycles. The van der Waals surface area contributed by atoms with Crippen LogP contribution in [0, 0.1) is 5.92 Å². The summed E-state index contributed by atoms with van der Waals surface area (Å²) in [4.78, 5) is 17.3. The van der Waals surface area contributed by atoms with Gasteiger partial charge in [0.2, 0.25) is 5.91 Å². The Bertz CT molecular complexity index is 309. The lowest BCUT2D eigenvalue weighted by molar-refractivity contribution is -0.136. The number of likely N-dealkylation sites (tertiary alicyclic amines) is 2. The highest BCUT2D eigenvalue weighted by atomic mass is 16.2. The van der Waals surface area contributed by atoms with Crippen molar-refractivity contribution in [3.05, 3.63) is 0 Å². The van der Waals surface area contributed by atoms with Crippen molar-refractivity contribution in [2.24, 2.45) is 5.92 Å². The molecule has 3 saturated heterocycles. The molecule has 3 fully saturated rings. The lowest BCUT2D eigenvalue weighted by Gasteiger charge is -2.34. The molecule has 1 amide bonds. The van der Waals surface area contributed by atoms with Gasteiger partial charge in [-0.1, -0.05) is 6.42 Å². The summed E-state index contributed by atoms with van der Waals surface area (Å²) in [7, 11) is 0. The van der Waals surface area contributed by atoms with Crippen LogP contribution in [0.4, 0.5) is 0 Å². The molecule has 2 unspecified atom stereocenters. The van der Waals surface area contributed by atoms with Gasteiger partial charge in [0.25, 0.3) is 0 Å². The van der Waals surface area contributed by atoms with Crippen LogP contribution in [0.25, 0.3) is 0 Å². The average Bonchev–Trinajstić information content (AvgIpc) is 3.10. The third-order valence-corrected chi connectivity index (χ3v) is 4.99. The first-order valence-corrected chi connectivity index (χ1v) is 8.08. The van der Waals surface area contributed by atoms with Gasteiger partial charge in [-0.3, -0.25) is 4.79 Å². The van der Waals surface area contributed by atoms with Crippen LogP contribution in [0.2, 0.25) is 0 Å². The minimum absolute atomic E-state index is 0.252. The second kappa shape index (κ2) is 6.23. The molecule has 19 heavy (non-hydrogen) atoms. The first-order chi connectivity index (χ1) is 9.34. The maximum Gasteiger partial charge on any atom is 0.227 e. The Balaban J connectivity index is 1.55. The zero-order chi connectivity index (χ0) is 13.1. The van der Waals surface area contributed by atoms with Gasteiger partial charge in [-0.25, -0.2) is 0 Å². The van der Waals surface area contributed by atoms with Gasteiger partial charge in [-0.15, -0.1) is 0 Å². The number of nitrogens with zero attached hydrogens (tertiary/aromatic N) is 2. The summed E-state index contributed by atoms with van der Waals surface area (Å²) >= 11 is 0. The van der Waals surface area contributed by atoms with Gasteiger partial charge < -0.3 is 15.1 Å². The molecule has 0 radical (unpaired) electrons. The smallest absolute Gasteiger partial charge is 0.227 e. The number of carbonyl (C=O) groups excluding carboxylic acids is 1.